The lowest BCUT2D eigenvalue weighted by Gasteiger charge is -2.40. The first-order valence-electron chi connectivity index (χ1n) is 7.41. The van der Waals surface area contributed by atoms with Crippen LogP contribution < -0.4 is 4.74 Å². The molecule has 0 radical (unpaired) electrons. The number of fused-ring (bicyclic) bond motifs is 1. The van der Waals surface area contributed by atoms with Gasteiger partial charge in [0.25, 0.3) is 0 Å². The summed E-state index contributed by atoms with van der Waals surface area (Å²) in [6.07, 6.45) is 1.81. The van der Waals surface area contributed by atoms with Crippen molar-refractivity contribution in [3.8, 4) is 5.75 Å². The summed E-state index contributed by atoms with van der Waals surface area (Å²) < 4.78 is 32.1. The van der Waals surface area contributed by atoms with Crippen LogP contribution >= 0.6 is 0 Å². The van der Waals surface area contributed by atoms with Gasteiger partial charge in [-0.1, -0.05) is 0 Å². The van der Waals surface area contributed by atoms with Crippen LogP contribution in [0.1, 0.15) is 19.8 Å². The number of rotatable bonds is 3. The van der Waals surface area contributed by atoms with Gasteiger partial charge in [0.05, 0.1) is 12.0 Å². The number of carbonyl (C=O) groups excluding carboxylic acids is 1. The van der Waals surface area contributed by atoms with Crippen molar-refractivity contribution in [1.82, 2.24) is 9.21 Å². The molecule has 2 heterocycles. The SMILES string of the molecule is COc1ccc(S(=O)(=O)N2C[C@@H]3CCCN3C(=O)[C@@H]2C)cc1. The lowest BCUT2D eigenvalue weighted by Crippen LogP contribution is -2.59. The molecule has 22 heavy (non-hydrogen) atoms. The standard InChI is InChI=1S/C15H20N2O4S/c1-11-15(18)16-9-3-4-12(16)10-17(11)22(19,20)14-7-5-13(21-2)6-8-14/h5-8,11-12H,3-4,9-10H2,1-2H3/t11-,12-/m0/s1. The highest BCUT2D eigenvalue weighted by Crippen LogP contribution is 2.30. The minimum Gasteiger partial charge on any atom is -0.497 e. The highest BCUT2D eigenvalue weighted by molar-refractivity contribution is 7.89. The summed E-state index contributed by atoms with van der Waals surface area (Å²) in [6.45, 7) is 2.78. The molecule has 2 aliphatic rings. The zero-order valence-electron chi connectivity index (χ0n) is 12.7. The normalized spacial score (nSPS) is 26.1. The van der Waals surface area contributed by atoms with E-state index in [-0.39, 0.29) is 16.8 Å². The Morgan fingerprint density at radius 2 is 1.91 bits per heavy atom. The molecule has 1 aromatic rings. The van der Waals surface area contributed by atoms with Crippen LogP contribution in [0.5, 0.6) is 5.75 Å². The fourth-order valence-electron chi connectivity index (χ4n) is 3.23. The quantitative estimate of drug-likeness (QED) is 0.834. The van der Waals surface area contributed by atoms with Crippen LogP contribution in [0.4, 0.5) is 0 Å². The van der Waals surface area contributed by atoms with Gasteiger partial charge in [0.15, 0.2) is 0 Å². The van der Waals surface area contributed by atoms with Gasteiger partial charge < -0.3 is 9.64 Å². The van der Waals surface area contributed by atoms with Gasteiger partial charge in [-0.05, 0) is 44.0 Å². The second-order valence-corrected chi connectivity index (χ2v) is 7.64. The van der Waals surface area contributed by atoms with E-state index in [9.17, 15) is 13.2 Å². The summed E-state index contributed by atoms with van der Waals surface area (Å²) in [6, 6.07) is 5.63. The first-order chi connectivity index (χ1) is 10.4. The van der Waals surface area contributed by atoms with Crippen molar-refractivity contribution in [3.05, 3.63) is 24.3 Å². The van der Waals surface area contributed by atoms with E-state index in [4.69, 9.17) is 4.74 Å². The van der Waals surface area contributed by atoms with Crippen LogP contribution in [0.15, 0.2) is 29.2 Å². The molecule has 1 amide bonds. The second-order valence-electron chi connectivity index (χ2n) is 5.75. The second kappa shape index (κ2) is 5.55. The molecule has 0 bridgehead atoms. The molecular weight excluding hydrogens is 304 g/mol. The molecule has 0 spiro atoms. The average molecular weight is 324 g/mol. The Morgan fingerprint density at radius 3 is 2.55 bits per heavy atom. The molecular formula is C15H20N2O4S. The van der Waals surface area contributed by atoms with Gasteiger partial charge in [-0.25, -0.2) is 8.42 Å². The van der Waals surface area contributed by atoms with E-state index in [0.717, 1.165) is 19.4 Å². The number of sulfonamides is 1. The Labute approximate surface area is 130 Å². The number of amides is 1. The van der Waals surface area contributed by atoms with Crippen molar-refractivity contribution in [2.45, 2.75) is 36.7 Å². The fraction of sp³-hybridized carbons (Fsp3) is 0.533. The van der Waals surface area contributed by atoms with Crippen LogP contribution in [0.3, 0.4) is 0 Å². The zero-order chi connectivity index (χ0) is 15.9. The maximum absolute atomic E-state index is 12.8. The van der Waals surface area contributed by atoms with Crippen molar-refractivity contribution < 1.29 is 17.9 Å². The Hall–Kier alpha value is -1.60. The van der Waals surface area contributed by atoms with Gasteiger partial charge in [0.1, 0.15) is 11.8 Å². The first-order valence-corrected chi connectivity index (χ1v) is 8.85. The van der Waals surface area contributed by atoms with E-state index in [2.05, 4.69) is 0 Å². The number of methoxy groups -OCH3 is 1. The third-order valence-electron chi connectivity index (χ3n) is 4.51. The van der Waals surface area contributed by atoms with E-state index >= 15 is 0 Å². The summed E-state index contributed by atoms with van der Waals surface area (Å²) in [5.41, 5.74) is 0. The van der Waals surface area contributed by atoms with E-state index in [1.807, 2.05) is 4.90 Å². The van der Waals surface area contributed by atoms with Gasteiger partial charge >= 0.3 is 0 Å². The molecule has 0 aromatic heterocycles. The summed E-state index contributed by atoms with van der Waals surface area (Å²) in [7, 11) is -2.15. The van der Waals surface area contributed by atoms with Gasteiger partial charge in [-0.15, -0.1) is 0 Å². The molecule has 2 fully saturated rings. The van der Waals surface area contributed by atoms with Crippen LogP contribution in [-0.2, 0) is 14.8 Å². The van der Waals surface area contributed by atoms with Crippen molar-refractivity contribution >= 4 is 15.9 Å². The predicted molar refractivity (Wildman–Crippen MR) is 81.1 cm³/mol. The third kappa shape index (κ3) is 2.38. The van der Waals surface area contributed by atoms with E-state index in [1.54, 1.807) is 19.1 Å². The molecule has 1 aromatic carbocycles. The number of piperazine rings is 1. The smallest absolute Gasteiger partial charge is 0.243 e. The number of ether oxygens (including phenoxy) is 1. The Balaban J connectivity index is 1.92. The topological polar surface area (TPSA) is 66.9 Å². The molecule has 0 saturated carbocycles. The molecule has 120 valence electrons. The van der Waals surface area contributed by atoms with E-state index < -0.39 is 16.1 Å². The van der Waals surface area contributed by atoms with Gasteiger partial charge in [0.2, 0.25) is 15.9 Å². The zero-order valence-corrected chi connectivity index (χ0v) is 13.5. The Morgan fingerprint density at radius 1 is 1.23 bits per heavy atom. The monoisotopic (exact) mass is 324 g/mol. The number of benzene rings is 1. The average Bonchev–Trinajstić information content (AvgIpc) is 2.99. The number of hydrogen-bond acceptors (Lipinski definition) is 4. The Kier molecular flexibility index (Phi) is 3.86. The summed E-state index contributed by atoms with van der Waals surface area (Å²) in [5, 5.41) is 0. The summed E-state index contributed by atoms with van der Waals surface area (Å²) in [4.78, 5) is 14.4. The predicted octanol–water partition coefficient (Wildman–Crippen LogP) is 1.08. The molecule has 0 aliphatic carbocycles. The van der Waals surface area contributed by atoms with Crippen LogP contribution in [0.2, 0.25) is 0 Å². The highest BCUT2D eigenvalue weighted by Gasteiger charge is 2.45. The lowest BCUT2D eigenvalue weighted by molar-refractivity contribution is -0.139. The highest BCUT2D eigenvalue weighted by atomic mass is 32.2. The number of hydrogen-bond donors (Lipinski definition) is 0. The van der Waals surface area contributed by atoms with Gasteiger partial charge in [-0.2, -0.15) is 4.31 Å². The van der Waals surface area contributed by atoms with Crippen molar-refractivity contribution in [1.29, 1.82) is 0 Å². The van der Waals surface area contributed by atoms with Crippen LogP contribution in [0.25, 0.3) is 0 Å². The van der Waals surface area contributed by atoms with Gasteiger partial charge in [0, 0.05) is 19.1 Å². The first kappa shape index (κ1) is 15.3. The van der Waals surface area contributed by atoms with E-state index in [1.165, 1.54) is 23.5 Å². The van der Waals surface area contributed by atoms with E-state index in [0.29, 0.717) is 12.3 Å². The molecule has 2 atom stereocenters. The van der Waals surface area contributed by atoms with Crippen molar-refractivity contribution in [2.24, 2.45) is 0 Å². The maximum Gasteiger partial charge on any atom is 0.243 e. The van der Waals surface area contributed by atoms with Crippen LogP contribution in [0, 0.1) is 0 Å². The fourth-order valence-corrected chi connectivity index (χ4v) is 4.86. The Bertz CT molecular complexity index is 671. The molecule has 2 saturated heterocycles. The molecule has 0 unspecified atom stereocenters. The maximum atomic E-state index is 12.8. The molecule has 7 heteroatoms. The van der Waals surface area contributed by atoms with Crippen molar-refractivity contribution in [2.75, 3.05) is 20.2 Å². The molecule has 0 N–H and O–H groups in total. The van der Waals surface area contributed by atoms with Crippen LogP contribution in [-0.4, -0.2) is 55.8 Å². The summed E-state index contributed by atoms with van der Waals surface area (Å²) >= 11 is 0. The third-order valence-corrected chi connectivity index (χ3v) is 6.46. The summed E-state index contributed by atoms with van der Waals surface area (Å²) in [5.74, 6) is 0.509. The minimum absolute atomic E-state index is 0.0109. The molecule has 6 nitrogen and oxygen atoms in total. The molecule has 3 rings (SSSR count). The lowest BCUT2D eigenvalue weighted by atomic mass is 10.1. The largest absolute Gasteiger partial charge is 0.497 e. The number of nitrogens with zero attached hydrogens (tertiary/aromatic N) is 2. The van der Waals surface area contributed by atoms with Crippen molar-refractivity contribution in [3.63, 3.8) is 0 Å². The number of carbonyl (C=O) groups is 1. The van der Waals surface area contributed by atoms with Gasteiger partial charge in [-0.3, -0.25) is 4.79 Å². The molecule has 2 aliphatic heterocycles. The minimum atomic E-state index is -3.68.